The molecule has 0 aromatic heterocycles. The third kappa shape index (κ3) is 5.28. The second-order valence-electron chi connectivity index (χ2n) is 7.29. The molecule has 1 saturated heterocycles. The van der Waals surface area contributed by atoms with Crippen molar-refractivity contribution in [3.63, 3.8) is 0 Å². The molecule has 156 valence electrons. The van der Waals surface area contributed by atoms with E-state index in [2.05, 4.69) is 0 Å². The summed E-state index contributed by atoms with van der Waals surface area (Å²) < 4.78 is 43.9. The third-order valence-electron chi connectivity index (χ3n) is 5.02. The molecule has 2 atom stereocenters. The van der Waals surface area contributed by atoms with E-state index in [-0.39, 0.29) is 24.0 Å². The van der Waals surface area contributed by atoms with Gasteiger partial charge in [0.15, 0.2) is 15.9 Å². The smallest absolute Gasteiger partial charge is 0.263 e. The zero-order chi connectivity index (χ0) is 21.2. The van der Waals surface area contributed by atoms with Gasteiger partial charge in [0.05, 0.1) is 11.5 Å². The second-order valence-corrected chi connectivity index (χ2v) is 9.92. The first-order valence-electron chi connectivity index (χ1n) is 9.33. The Labute approximate surface area is 175 Å². The van der Waals surface area contributed by atoms with E-state index in [0.29, 0.717) is 22.8 Å². The van der Waals surface area contributed by atoms with E-state index in [1.54, 1.807) is 43.3 Å². The normalized spacial score (nSPS) is 19.0. The van der Waals surface area contributed by atoms with E-state index >= 15 is 0 Å². The van der Waals surface area contributed by atoms with Crippen LogP contribution in [0.1, 0.15) is 24.5 Å². The van der Waals surface area contributed by atoms with Crippen molar-refractivity contribution in [3.8, 4) is 5.75 Å². The van der Waals surface area contributed by atoms with Gasteiger partial charge in [-0.3, -0.25) is 4.79 Å². The average Bonchev–Trinajstić information content (AvgIpc) is 3.03. The number of carbonyl (C=O) groups is 1. The van der Waals surface area contributed by atoms with Gasteiger partial charge in [-0.05, 0) is 50.1 Å². The van der Waals surface area contributed by atoms with Crippen molar-refractivity contribution in [2.24, 2.45) is 0 Å². The van der Waals surface area contributed by atoms with Crippen LogP contribution < -0.4 is 4.74 Å². The maximum absolute atomic E-state index is 14.2. The van der Waals surface area contributed by atoms with Crippen LogP contribution in [0.4, 0.5) is 4.39 Å². The number of aryl methyl sites for hydroxylation is 1. The first kappa shape index (κ1) is 21.6. The summed E-state index contributed by atoms with van der Waals surface area (Å²) in [6.45, 7) is 3.42. The monoisotopic (exact) mass is 439 g/mol. The summed E-state index contributed by atoms with van der Waals surface area (Å²) in [7, 11) is -3.21. The summed E-state index contributed by atoms with van der Waals surface area (Å²) in [5.74, 6) is -0.446. The van der Waals surface area contributed by atoms with Crippen LogP contribution in [-0.2, 0) is 21.2 Å². The molecule has 1 amide bonds. The second kappa shape index (κ2) is 8.71. The molecule has 2 aromatic rings. The van der Waals surface area contributed by atoms with Gasteiger partial charge in [0.1, 0.15) is 11.6 Å². The number of ether oxygens (including phenoxy) is 1. The number of hydrogen-bond acceptors (Lipinski definition) is 4. The Hall–Kier alpha value is -2.12. The molecule has 0 saturated carbocycles. The SMILES string of the molecule is Cc1cc(O[C@H](C)C(=O)N(Cc2ccccc2F)[C@@H]2CCS(=O)(=O)C2)ccc1Cl. The maximum Gasteiger partial charge on any atom is 0.263 e. The average molecular weight is 440 g/mol. The molecule has 0 unspecified atom stereocenters. The van der Waals surface area contributed by atoms with Crippen LogP contribution >= 0.6 is 11.6 Å². The van der Waals surface area contributed by atoms with Crippen LogP contribution in [0.2, 0.25) is 5.02 Å². The summed E-state index contributed by atoms with van der Waals surface area (Å²) in [6, 6.07) is 10.7. The molecule has 1 aliphatic rings. The number of halogens is 2. The minimum absolute atomic E-state index is 0.0148. The molecule has 0 N–H and O–H groups in total. The first-order chi connectivity index (χ1) is 13.7. The van der Waals surface area contributed by atoms with Crippen molar-refractivity contribution in [2.75, 3.05) is 11.5 Å². The zero-order valence-electron chi connectivity index (χ0n) is 16.3. The highest BCUT2D eigenvalue weighted by Crippen LogP contribution is 2.25. The molecule has 8 heteroatoms. The number of amides is 1. The van der Waals surface area contributed by atoms with Gasteiger partial charge in [-0.1, -0.05) is 29.8 Å². The predicted octanol–water partition coefficient (Wildman–Crippen LogP) is 3.77. The van der Waals surface area contributed by atoms with Crippen LogP contribution in [0.3, 0.4) is 0 Å². The van der Waals surface area contributed by atoms with E-state index in [4.69, 9.17) is 16.3 Å². The van der Waals surface area contributed by atoms with Gasteiger partial charge in [0, 0.05) is 23.2 Å². The van der Waals surface area contributed by atoms with Gasteiger partial charge >= 0.3 is 0 Å². The molecule has 5 nitrogen and oxygen atoms in total. The fourth-order valence-corrected chi connectivity index (χ4v) is 5.25. The minimum Gasteiger partial charge on any atom is -0.481 e. The zero-order valence-corrected chi connectivity index (χ0v) is 17.8. The molecular formula is C21H23ClFNO4S. The fraction of sp³-hybridized carbons (Fsp3) is 0.381. The van der Waals surface area contributed by atoms with Crippen molar-refractivity contribution in [1.82, 2.24) is 4.90 Å². The number of sulfone groups is 1. The Morgan fingerprint density at radius 3 is 2.66 bits per heavy atom. The molecule has 0 aliphatic carbocycles. The van der Waals surface area contributed by atoms with E-state index in [9.17, 15) is 17.6 Å². The maximum atomic E-state index is 14.2. The van der Waals surface area contributed by atoms with Gasteiger partial charge in [-0.2, -0.15) is 0 Å². The number of carbonyl (C=O) groups excluding carboxylic acids is 1. The number of nitrogens with zero attached hydrogens (tertiary/aromatic N) is 1. The largest absolute Gasteiger partial charge is 0.481 e. The van der Waals surface area contributed by atoms with Gasteiger partial charge in [0.25, 0.3) is 5.91 Å². The van der Waals surface area contributed by atoms with Gasteiger partial charge in [-0.15, -0.1) is 0 Å². The summed E-state index contributed by atoms with van der Waals surface area (Å²) in [5, 5.41) is 0.591. The van der Waals surface area contributed by atoms with Gasteiger partial charge < -0.3 is 9.64 Å². The van der Waals surface area contributed by atoms with E-state index in [0.717, 1.165) is 5.56 Å². The molecule has 0 spiro atoms. The standard InChI is InChI=1S/C21H23ClFNO4S/c1-14-11-18(7-8-19(14)22)28-15(2)21(25)24(17-9-10-29(26,27)13-17)12-16-5-3-4-6-20(16)23/h3-8,11,15,17H,9-10,12-13H2,1-2H3/t15-,17-/m1/s1. The van der Waals surface area contributed by atoms with Crippen molar-refractivity contribution in [2.45, 2.75) is 39.0 Å². The summed E-state index contributed by atoms with van der Waals surface area (Å²) in [6.07, 6.45) is -0.541. The van der Waals surface area contributed by atoms with E-state index < -0.39 is 27.8 Å². The lowest BCUT2D eigenvalue weighted by Gasteiger charge is -2.31. The molecule has 0 radical (unpaired) electrons. The highest BCUT2D eigenvalue weighted by Gasteiger charge is 2.37. The lowest BCUT2D eigenvalue weighted by molar-refractivity contribution is -0.140. The first-order valence-corrected chi connectivity index (χ1v) is 11.5. The van der Waals surface area contributed by atoms with Crippen LogP contribution in [0, 0.1) is 12.7 Å². The highest BCUT2D eigenvalue weighted by atomic mass is 35.5. The number of hydrogen-bond donors (Lipinski definition) is 0. The van der Waals surface area contributed by atoms with Crippen LogP contribution in [0.25, 0.3) is 0 Å². The van der Waals surface area contributed by atoms with E-state index in [1.807, 2.05) is 6.92 Å². The number of benzene rings is 2. The minimum atomic E-state index is -3.21. The summed E-state index contributed by atoms with van der Waals surface area (Å²) in [5.41, 5.74) is 1.15. The summed E-state index contributed by atoms with van der Waals surface area (Å²) >= 11 is 6.03. The molecule has 0 bridgehead atoms. The van der Waals surface area contributed by atoms with Gasteiger partial charge in [-0.25, -0.2) is 12.8 Å². The molecule has 1 heterocycles. The molecule has 3 rings (SSSR count). The Balaban J connectivity index is 1.82. The molecule has 2 aromatic carbocycles. The topological polar surface area (TPSA) is 63.7 Å². The molecular weight excluding hydrogens is 417 g/mol. The lowest BCUT2D eigenvalue weighted by atomic mass is 10.1. The molecule has 1 aliphatic heterocycles. The summed E-state index contributed by atoms with van der Waals surface area (Å²) in [4.78, 5) is 14.6. The van der Waals surface area contributed by atoms with Crippen molar-refractivity contribution in [3.05, 3.63) is 64.4 Å². The lowest BCUT2D eigenvalue weighted by Crippen LogP contribution is -2.46. The fourth-order valence-electron chi connectivity index (χ4n) is 3.40. The van der Waals surface area contributed by atoms with E-state index in [1.165, 1.54) is 11.0 Å². The Kier molecular flexibility index (Phi) is 6.49. The number of rotatable bonds is 6. The van der Waals surface area contributed by atoms with Crippen LogP contribution in [-0.4, -0.2) is 42.9 Å². The van der Waals surface area contributed by atoms with Crippen molar-refractivity contribution < 1.29 is 22.3 Å². The predicted molar refractivity (Wildman–Crippen MR) is 110 cm³/mol. The van der Waals surface area contributed by atoms with Crippen molar-refractivity contribution >= 4 is 27.3 Å². The molecule has 29 heavy (non-hydrogen) atoms. The Morgan fingerprint density at radius 2 is 2.03 bits per heavy atom. The van der Waals surface area contributed by atoms with Crippen molar-refractivity contribution in [1.29, 1.82) is 0 Å². The highest BCUT2D eigenvalue weighted by molar-refractivity contribution is 7.91. The van der Waals surface area contributed by atoms with Crippen LogP contribution in [0.5, 0.6) is 5.75 Å². The van der Waals surface area contributed by atoms with Crippen LogP contribution in [0.15, 0.2) is 42.5 Å². The molecule has 1 fully saturated rings. The Morgan fingerprint density at radius 1 is 1.31 bits per heavy atom. The van der Waals surface area contributed by atoms with Gasteiger partial charge in [0.2, 0.25) is 0 Å². The third-order valence-corrected chi connectivity index (χ3v) is 7.20. The Bertz CT molecular complexity index is 1010. The quantitative estimate of drug-likeness (QED) is 0.687.